The molecule has 1 saturated carbocycles. The van der Waals surface area contributed by atoms with Crippen LogP contribution in [-0.4, -0.2) is 64.5 Å². The lowest BCUT2D eigenvalue weighted by Gasteiger charge is -2.31. The highest BCUT2D eigenvalue weighted by Crippen LogP contribution is 2.56. The van der Waals surface area contributed by atoms with E-state index >= 15 is 0 Å². The third-order valence-corrected chi connectivity index (χ3v) is 8.80. The number of ether oxygens (including phenoxy) is 1. The monoisotopic (exact) mass is 557 g/mol. The first-order valence-electron chi connectivity index (χ1n) is 13.8. The van der Waals surface area contributed by atoms with Crippen molar-refractivity contribution >= 4 is 23.1 Å². The lowest BCUT2D eigenvalue weighted by Crippen LogP contribution is -2.47. The van der Waals surface area contributed by atoms with Crippen LogP contribution in [0.1, 0.15) is 41.1 Å². The first kappa shape index (κ1) is 25.5. The smallest absolute Gasteiger partial charge is 0.381 e. The van der Waals surface area contributed by atoms with E-state index in [4.69, 9.17) is 9.72 Å². The number of halogens is 3. The molecule has 10 nitrogen and oxygen atoms in total. The minimum absolute atomic E-state index is 0.133. The molecule has 2 N–H and O–H groups in total. The molecule has 2 aromatic heterocycles. The summed E-state index contributed by atoms with van der Waals surface area (Å²) in [6, 6.07) is 2.36. The molecular weight excluding hydrogens is 527 g/mol. The van der Waals surface area contributed by atoms with Gasteiger partial charge in [0.15, 0.2) is 5.82 Å². The van der Waals surface area contributed by atoms with Crippen molar-refractivity contribution in [3.8, 4) is 0 Å². The Bertz CT molecular complexity index is 1560. The van der Waals surface area contributed by atoms with Gasteiger partial charge in [-0.2, -0.15) is 22.7 Å². The van der Waals surface area contributed by atoms with Crippen LogP contribution in [-0.2, 0) is 41.5 Å². The van der Waals surface area contributed by atoms with Crippen LogP contribution in [0, 0.1) is 11.8 Å². The zero-order valence-corrected chi connectivity index (χ0v) is 22.1. The number of piperazine rings is 1. The second-order valence-electron chi connectivity index (χ2n) is 11.0. The maximum atomic E-state index is 13.8. The fourth-order valence-corrected chi connectivity index (χ4v) is 6.65. The zero-order chi connectivity index (χ0) is 27.8. The number of rotatable bonds is 6. The summed E-state index contributed by atoms with van der Waals surface area (Å²) in [4.78, 5) is 34.0. The molecule has 3 aromatic rings. The number of carbonyl (C=O) groups excluding carboxylic acids is 1. The largest absolute Gasteiger partial charge is 0.416 e. The van der Waals surface area contributed by atoms with Gasteiger partial charge in [-0.25, -0.2) is 0 Å². The highest BCUT2D eigenvalue weighted by molar-refractivity contribution is 5.92. The molecule has 2 saturated heterocycles. The van der Waals surface area contributed by atoms with E-state index in [1.807, 2.05) is 11.8 Å². The van der Waals surface area contributed by atoms with Crippen LogP contribution in [0.4, 0.5) is 24.5 Å². The van der Waals surface area contributed by atoms with Crippen LogP contribution < -0.4 is 21.1 Å². The highest BCUT2D eigenvalue weighted by Gasteiger charge is 2.57. The Kier molecular flexibility index (Phi) is 5.93. The molecule has 2 atom stereocenters. The third kappa shape index (κ3) is 4.00. The predicted octanol–water partition coefficient (Wildman–Crippen LogP) is 1.98. The predicted molar refractivity (Wildman–Crippen MR) is 140 cm³/mol. The van der Waals surface area contributed by atoms with Crippen molar-refractivity contribution < 1.29 is 22.7 Å². The average molecular weight is 558 g/mol. The molecule has 4 heterocycles. The summed E-state index contributed by atoms with van der Waals surface area (Å²) in [5.41, 5.74) is 1.46. The Labute approximate surface area is 227 Å². The molecular formula is C27H30F3N7O3. The van der Waals surface area contributed by atoms with Gasteiger partial charge in [-0.3, -0.25) is 9.59 Å². The summed E-state index contributed by atoms with van der Waals surface area (Å²) in [6.07, 6.45) is -3.13. The molecule has 7 rings (SSSR count). The van der Waals surface area contributed by atoms with E-state index in [9.17, 15) is 22.8 Å². The second kappa shape index (κ2) is 9.30. The van der Waals surface area contributed by atoms with Crippen molar-refractivity contribution in [2.75, 3.05) is 49.6 Å². The number of benzene rings is 1. The maximum Gasteiger partial charge on any atom is 0.416 e. The van der Waals surface area contributed by atoms with Crippen molar-refractivity contribution in [3.05, 3.63) is 50.7 Å². The van der Waals surface area contributed by atoms with Gasteiger partial charge >= 0.3 is 6.18 Å². The van der Waals surface area contributed by atoms with Crippen molar-refractivity contribution in [2.45, 2.75) is 44.8 Å². The molecule has 212 valence electrons. The molecule has 2 aliphatic heterocycles. The van der Waals surface area contributed by atoms with Gasteiger partial charge in [0.1, 0.15) is 12.2 Å². The highest BCUT2D eigenvalue weighted by atomic mass is 19.4. The Morgan fingerprint density at radius 2 is 1.88 bits per heavy atom. The third-order valence-electron chi connectivity index (χ3n) is 8.80. The first-order valence-corrected chi connectivity index (χ1v) is 13.8. The number of amides is 1. The molecule has 4 aliphatic rings. The molecule has 13 heteroatoms. The standard InChI is InChI=1S/C27H30F3N7O3/c1-2-20-23(35-9-7-31-8-10-35)25(39)37-26(33-24(34-37)22-16-12-40-13-17(16)22)36(20)11-21(38)32-19-6-5-18(27(28,29)30)14-3-4-15(14)19/h5-6,16-17,22,31H,2-4,7-13H2,1H3,(H,32,38). The van der Waals surface area contributed by atoms with Gasteiger partial charge < -0.3 is 24.8 Å². The quantitative estimate of drug-likeness (QED) is 0.478. The number of alkyl halides is 3. The molecule has 2 unspecified atom stereocenters. The number of hydrogen-bond donors (Lipinski definition) is 2. The summed E-state index contributed by atoms with van der Waals surface area (Å²) in [5, 5.41) is 10.8. The van der Waals surface area contributed by atoms with E-state index in [1.54, 1.807) is 4.57 Å². The first-order chi connectivity index (χ1) is 19.3. The number of nitrogens with zero attached hydrogens (tertiary/aromatic N) is 5. The summed E-state index contributed by atoms with van der Waals surface area (Å²) in [5.74, 6) is 1.32. The molecule has 40 heavy (non-hydrogen) atoms. The van der Waals surface area contributed by atoms with Crippen LogP contribution in [0.3, 0.4) is 0 Å². The second-order valence-corrected chi connectivity index (χ2v) is 11.0. The number of aromatic nitrogens is 4. The molecule has 2 aliphatic carbocycles. The fourth-order valence-electron chi connectivity index (χ4n) is 6.65. The minimum Gasteiger partial charge on any atom is -0.381 e. The normalized spacial score (nSPS) is 23.6. The van der Waals surface area contributed by atoms with E-state index < -0.39 is 17.6 Å². The van der Waals surface area contributed by atoms with Gasteiger partial charge in [0, 0.05) is 37.8 Å². The minimum atomic E-state index is -4.43. The van der Waals surface area contributed by atoms with Crippen molar-refractivity contribution in [2.24, 2.45) is 11.8 Å². The lowest BCUT2D eigenvalue weighted by molar-refractivity contribution is -0.138. The molecule has 1 aromatic carbocycles. The molecule has 3 fully saturated rings. The van der Waals surface area contributed by atoms with E-state index in [-0.39, 0.29) is 23.6 Å². The Balaban J connectivity index is 1.27. The number of nitrogens with one attached hydrogen (secondary N) is 2. The van der Waals surface area contributed by atoms with Gasteiger partial charge in [0.25, 0.3) is 5.56 Å². The van der Waals surface area contributed by atoms with Crippen LogP contribution in [0.2, 0.25) is 0 Å². The average Bonchev–Trinajstić information content (AvgIpc) is 3.22. The Hall–Kier alpha value is -3.45. The van der Waals surface area contributed by atoms with Gasteiger partial charge in [0.2, 0.25) is 11.7 Å². The number of fused-ring (bicyclic) bond motifs is 3. The lowest BCUT2D eigenvalue weighted by atomic mass is 9.83. The van der Waals surface area contributed by atoms with Crippen molar-refractivity contribution in [1.82, 2.24) is 24.5 Å². The van der Waals surface area contributed by atoms with Crippen LogP contribution in [0.5, 0.6) is 0 Å². The summed E-state index contributed by atoms with van der Waals surface area (Å²) in [6.45, 7) is 5.84. The van der Waals surface area contributed by atoms with Gasteiger partial charge in [-0.1, -0.05) is 6.92 Å². The van der Waals surface area contributed by atoms with E-state index in [2.05, 4.69) is 15.7 Å². The van der Waals surface area contributed by atoms with Crippen LogP contribution in [0.25, 0.3) is 5.78 Å². The van der Waals surface area contributed by atoms with Crippen molar-refractivity contribution in [3.63, 3.8) is 0 Å². The summed E-state index contributed by atoms with van der Waals surface area (Å²) < 4.78 is 48.8. The van der Waals surface area contributed by atoms with E-state index in [1.165, 1.54) is 10.6 Å². The topological polar surface area (TPSA) is 106 Å². The van der Waals surface area contributed by atoms with Crippen LogP contribution in [0.15, 0.2) is 16.9 Å². The number of carbonyl (C=O) groups is 1. The van der Waals surface area contributed by atoms with Gasteiger partial charge in [0.05, 0.1) is 24.5 Å². The van der Waals surface area contributed by atoms with E-state index in [0.29, 0.717) is 91.6 Å². The van der Waals surface area contributed by atoms with E-state index in [0.717, 1.165) is 19.2 Å². The van der Waals surface area contributed by atoms with Gasteiger partial charge in [-0.15, -0.1) is 5.10 Å². The van der Waals surface area contributed by atoms with Gasteiger partial charge in [-0.05, 0) is 54.4 Å². The molecule has 0 spiro atoms. The SMILES string of the molecule is CCc1c(N2CCNCC2)c(=O)n2nc(C3C4COCC43)nc2n1CC(=O)Nc1ccc(C(F)(F)F)c2c1CC2. The molecule has 0 bridgehead atoms. The molecule has 1 amide bonds. The zero-order valence-electron chi connectivity index (χ0n) is 22.1. The summed E-state index contributed by atoms with van der Waals surface area (Å²) in [7, 11) is 0. The number of hydrogen-bond acceptors (Lipinski definition) is 7. The molecule has 0 radical (unpaired) electrons. The summed E-state index contributed by atoms with van der Waals surface area (Å²) >= 11 is 0. The Morgan fingerprint density at radius 3 is 2.52 bits per heavy atom. The Morgan fingerprint density at radius 1 is 1.15 bits per heavy atom. The fraction of sp³-hybridized carbons (Fsp3) is 0.556. The maximum absolute atomic E-state index is 13.8. The van der Waals surface area contributed by atoms with Crippen molar-refractivity contribution in [1.29, 1.82) is 0 Å². The van der Waals surface area contributed by atoms with Crippen LogP contribution >= 0.6 is 0 Å². The number of anilines is 2.